The molecular formula is C20H21NO5S. The third kappa shape index (κ3) is 2.82. The van der Waals surface area contributed by atoms with Crippen LogP contribution in [0.1, 0.15) is 34.3 Å². The van der Waals surface area contributed by atoms with Crippen LogP contribution in [0.3, 0.4) is 0 Å². The lowest BCUT2D eigenvalue weighted by Gasteiger charge is -2.39. The first-order valence-corrected chi connectivity index (χ1v) is 10.3. The molecule has 4 rings (SSSR count). The number of esters is 1. The lowest BCUT2D eigenvalue weighted by atomic mass is 9.86. The molecule has 2 aliphatic heterocycles. The second-order valence-electron chi connectivity index (χ2n) is 7.03. The first-order chi connectivity index (χ1) is 12.9. The van der Waals surface area contributed by atoms with Gasteiger partial charge in [-0.15, -0.1) is 0 Å². The second-order valence-corrected chi connectivity index (χ2v) is 8.93. The minimum absolute atomic E-state index is 0.106. The molecular weight excluding hydrogens is 366 g/mol. The van der Waals surface area contributed by atoms with Gasteiger partial charge in [0, 0.05) is 12.1 Å². The normalized spacial score (nSPS) is 22.5. The molecule has 1 fully saturated rings. The fourth-order valence-electron chi connectivity index (χ4n) is 3.96. The highest BCUT2D eigenvalue weighted by molar-refractivity contribution is 7.89. The number of benzene rings is 2. The van der Waals surface area contributed by atoms with E-state index in [0.29, 0.717) is 30.7 Å². The average molecular weight is 387 g/mol. The maximum atomic E-state index is 13.4. The van der Waals surface area contributed by atoms with E-state index in [0.717, 1.165) is 11.1 Å². The van der Waals surface area contributed by atoms with Crippen molar-refractivity contribution in [2.45, 2.75) is 30.3 Å². The Labute approximate surface area is 158 Å². The minimum Gasteiger partial charge on any atom is -0.495 e. The first-order valence-electron chi connectivity index (χ1n) is 8.85. The van der Waals surface area contributed by atoms with Gasteiger partial charge in [0.05, 0.1) is 19.2 Å². The SMILES string of the molecule is COc1ccc(C)cc1S(=O)(=O)N1CCC[C@]2(C1)OC(=O)c1ccccc12. The van der Waals surface area contributed by atoms with Gasteiger partial charge in [0.2, 0.25) is 10.0 Å². The van der Waals surface area contributed by atoms with E-state index in [9.17, 15) is 13.2 Å². The van der Waals surface area contributed by atoms with E-state index >= 15 is 0 Å². The van der Waals surface area contributed by atoms with Gasteiger partial charge in [0.25, 0.3) is 0 Å². The maximum Gasteiger partial charge on any atom is 0.339 e. The molecule has 0 unspecified atom stereocenters. The molecule has 0 amide bonds. The Bertz CT molecular complexity index is 1020. The van der Waals surface area contributed by atoms with Crippen molar-refractivity contribution in [1.29, 1.82) is 0 Å². The van der Waals surface area contributed by atoms with E-state index in [-0.39, 0.29) is 11.4 Å². The van der Waals surface area contributed by atoms with Crippen molar-refractivity contribution in [3.8, 4) is 5.75 Å². The Morgan fingerprint density at radius 2 is 1.96 bits per heavy atom. The second kappa shape index (κ2) is 6.35. The monoisotopic (exact) mass is 387 g/mol. The van der Waals surface area contributed by atoms with Crippen LogP contribution in [0.25, 0.3) is 0 Å². The predicted octanol–water partition coefficient (Wildman–Crippen LogP) is 2.85. The molecule has 2 heterocycles. The number of hydrogen-bond acceptors (Lipinski definition) is 5. The molecule has 2 aliphatic rings. The van der Waals surface area contributed by atoms with Crippen molar-refractivity contribution in [3.05, 3.63) is 59.2 Å². The molecule has 0 N–H and O–H groups in total. The number of fused-ring (bicyclic) bond motifs is 2. The summed E-state index contributed by atoms with van der Waals surface area (Å²) in [6.07, 6.45) is 1.21. The lowest BCUT2D eigenvalue weighted by Crippen LogP contribution is -2.48. The van der Waals surface area contributed by atoms with Crippen LogP contribution in [0.2, 0.25) is 0 Å². The van der Waals surface area contributed by atoms with Gasteiger partial charge >= 0.3 is 5.97 Å². The third-order valence-corrected chi connectivity index (χ3v) is 7.15. The molecule has 6 nitrogen and oxygen atoms in total. The standard InChI is InChI=1S/C20H21NO5S/c1-14-8-9-17(25-2)18(12-14)27(23,24)21-11-5-10-20(13-21)16-7-4-3-6-15(16)19(22)26-20/h3-4,6-9,12H,5,10-11,13H2,1-2H3/t20-/m1/s1. The molecule has 0 aromatic heterocycles. The molecule has 0 radical (unpaired) electrons. The summed E-state index contributed by atoms with van der Waals surface area (Å²) >= 11 is 0. The zero-order chi connectivity index (χ0) is 19.2. The van der Waals surface area contributed by atoms with Crippen LogP contribution in [0.5, 0.6) is 5.75 Å². The Kier molecular flexibility index (Phi) is 4.24. The number of methoxy groups -OCH3 is 1. The quantitative estimate of drug-likeness (QED) is 0.757. The summed E-state index contributed by atoms with van der Waals surface area (Å²) in [4.78, 5) is 12.4. The molecule has 142 valence electrons. The number of nitrogens with zero attached hydrogens (tertiary/aromatic N) is 1. The van der Waals surface area contributed by atoms with Crippen LogP contribution < -0.4 is 4.74 Å². The highest BCUT2D eigenvalue weighted by atomic mass is 32.2. The summed E-state index contributed by atoms with van der Waals surface area (Å²) < 4.78 is 39.1. The van der Waals surface area contributed by atoms with Gasteiger partial charge in [-0.3, -0.25) is 0 Å². The van der Waals surface area contributed by atoms with Gasteiger partial charge < -0.3 is 9.47 Å². The van der Waals surface area contributed by atoms with Crippen LogP contribution in [0.15, 0.2) is 47.4 Å². The molecule has 0 saturated carbocycles. The van der Waals surface area contributed by atoms with Crippen LogP contribution in [0.4, 0.5) is 0 Å². The number of carbonyl (C=O) groups excluding carboxylic acids is 1. The van der Waals surface area contributed by atoms with Crippen molar-refractivity contribution in [1.82, 2.24) is 4.31 Å². The summed E-state index contributed by atoms with van der Waals surface area (Å²) in [6.45, 7) is 2.32. The van der Waals surface area contributed by atoms with E-state index < -0.39 is 21.6 Å². The van der Waals surface area contributed by atoms with E-state index in [4.69, 9.17) is 9.47 Å². The molecule has 2 aromatic carbocycles. The van der Waals surface area contributed by atoms with E-state index in [2.05, 4.69) is 0 Å². The number of carbonyl (C=O) groups is 1. The molecule has 7 heteroatoms. The van der Waals surface area contributed by atoms with E-state index in [1.54, 1.807) is 24.3 Å². The van der Waals surface area contributed by atoms with E-state index in [1.807, 2.05) is 25.1 Å². The topological polar surface area (TPSA) is 72.9 Å². The molecule has 1 saturated heterocycles. The van der Waals surface area contributed by atoms with Crippen molar-refractivity contribution in [3.63, 3.8) is 0 Å². The summed E-state index contributed by atoms with van der Waals surface area (Å²) in [5.41, 5.74) is 1.20. The van der Waals surface area contributed by atoms with Gasteiger partial charge in [-0.1, -0.05) is 24.3 Å². The fourth-order valence-corrected chi connectivity index (χ4v) is 5.73. The number of ether oxygens (including phenoxy) is 2. The molecule has 1 spiro atoms. The molecule has 1 atom stereocenters. The molecule has 2 aromatic rings. The largest absolute Gasteiger partial charge is 0.495 e. The van der Waals surface area contributed by atoms with E-state index in [1.165, 1.54) is 11.4 Å². The van der Waals surface area contributed by atoms with Gasteiger partial charge in [-0.25, -0.2) is 13.2 Å². The Morgan fingerprint density at radius 3 is 2.74 bits per heavy atom. The summed E-state index contributed by atoms with van der Waals surface area (Å²) in [7, 11) is -2.34. The van der Waals surface area contributed by atoms with Crippen molar-refractivity contribution >= 4 is 16.0 Å². The van der Waals surface area contributed by atoms with Crippen LogP contribution in [-0.2, 0) is 20.4 Å². The van der Waals surface area contributed by atoms with Gasteiger partial charge in [-0.05, 0) is 43.5 Å². The van der Waals surface area contributed by atoms with Crippen molar-refractivity contribution < 1.29 is 22.7 Å². The molecule has 27 heavy (non-hydrogen) atoms. The fraction of sp³-hybridized carbons (Fsp3) is 0.350. The van der Waals surface area contributed by atoms with Crippen LogP contribution in [-0.4, -0.2) is 38.9 Å². The van der Waals surface area contributed by atoms with Gasteiger partial charge in [-0.2, -0.15) is 4.31 Å². The highest BCUT2D eigenvalue weighted by Crippen LogP contribution is 2.44. The summed E-state index contributed by atoms with van der Waals surface area (Å²) in [6, 6.07) is 12.3. The Hall–Kier alpha value is -2.38. The van der Waals surface area contributed by atoms with Crippen molar-refractivity contribution in [2.24, 2.45) is 0 Å². The number of aryl methyl sites for hydroxylation is 1. The van der Waals surface area contributed by atoms with Crippen LogP contribution in [0, 0.1) is 6.92 Å². The Balaban J connectivity index is 1.75. The summed E-state index contributed by atoms with van der Waals surface area (Å²) in [5, 5.41) is 0. The van der Waals surface area contributed by atoms with Crippen LogP contribution >= 0.6 is 0 Å². The summed E-state index contributed by atoms with van der Waals surface area (Å²) in [5.74, 6) is -0.0815. The number of hydrogen-bond donors (Lipinski definition) is 0. The highest BCUT2D eigenvalue weighted by Gasteiger charge is 2.50. The first kappa shape index (κ1) is 18.0. The zero-order valence-corrected chi connectivity index (χ0v) is 16.1. The third-order valence-electron chi connectivity index (χ3n) is 5.28. The number of sulfonamides is 1. The maximum absolute atomic E-state index is 13.4. The smallest absolute Gasteiger partial charge is 0.339 e. The molecule has 0 bridgehead atoms. The Morgan fingerprint density at radius 1 is 1.19 bits per heavy atom. The predicted molar refractivity (Wildman–Crippen MR) is 99.3 cm³/mol. The lowest BCUT2D eigenvalue weighted by molar-refractivity contribution is -0.0345. The molecule has 0 aliphatic carbocycles. The number of rotatable bonds is 3. The average Bonchev–Trinajstić information content (AvgIpc) is 2.93. The minimum atomic E-state index is -3.79. The van der Waals surface area contributed by atoms with Crippen molar-refractivity contribution in [2.75, 3.05) is 20.2 Å². The zero-order valence-electron chi connectivity index (χ0n) is 15.3. The number of piperidine rings is 1. The van der Waals surface area contributed by atoms with Gasteiger partial charge in [0.1, 0.15) is 10.6 Å². The van der Waals surface area contributed by atoms with Gasteiger partial charge in [0.15, 0.2) is 5.60 Å².